The molecule has 3 heteroatoms. The van der Waals surface area contributed by atoms with Gasteiger partial charge in [-0.05, 0) is 45.7 Å². The summed E-state index contributed by atoms with van der Waals surface area (Å²) in [5, 5.41) is 8.14. The molecule has 92 valence electrons. The molecule has 1 heterocycles. The first kappa shape index (κ1) is 13.2. The molecule has 1 rings (SSSR count). The molecule has 1 atom stereocenters. The van der Waals surface area contributed by atoms with Crippen molar-refractivity contribution in [3.63, 3.8) is 0 Å². The van der Waals surface area contributed by atoms with Crippen LogP contribution in [0.4, 0.5) is 0 Å². The minimum atomic E-state index is 0.539. The van der Waals surface area contributed by atoms with E-state index in [0.29, 0.717) is 6.04 Å². The standard InChI is InChI=1S/C13H25N3/c1-6-8-14-13(7-2)9-16-12(5)10(3)11(4)15-16/h13-14H,6-9H2,1-5H3. The molecule has 0 aliphatic carbocycles. The zero-order chi connectivity index (χ0) is 12.1. The summed E-state index contributed by atoms with van der Waals surface area (Å²) < 4.78 is 2.14. The van der Waals surface area contributed by atoms with Crippen LogP contribution in [0, 0.1) is 20.8 Å². The molecule has 0 radical (unpaired) electrons. The van der Waals surface area contributed by atoms with E-state index in [1.165, 1.54) is 17.7 Å². The van der Waals surface area contributed by atoms with Crippen LogP contribution < -0.4 is 5.32 Å². The fourth-order valence-corrected chi connectivity index (χ4v) is 1.86. The van der Waals surface area contributed by atoms with Gasteiger partial charge < -0.3 is 5.32 Å². The number of hydrogen-bond donors (Lipinski definition) is 1. The molecule has 16 heavy (non-hydrogen) atoms. The molecule has 0 saturated carbocycles. The van der Waals surface area contributed by atoms with Crippen molar-refractivity contribution in [3.8, 4) is 0 Å². The topological polar surface area (TPSA) is 29.9 Å². The summed E-state index contributed by atoms with van der Waals surface area (Å²) in [5.41, 5.74) is 3.78. The van der Waals surface area contributed by atoms with E-state index in [2.05, 4.69) is 49.7 Å². The predicted molar refractivity (Wildman–Crippen MR) is 68.8 cm³/mol. The molecule has 1 aromatic rings. The van der Waals surface area contributed by atoms with Crippen molar-refractivity contribution in [1.29, 1.82) is 0 Å². The largest absolute Gasteiger partial charge is 0.312 e. The lowest BCUT2D eigenvalue weighted by molar-refractivity contribution is 0.411. The van der Waals surface area contributed by atoms with Gasteiger partial charge in [-0.25, -0.2) is 0 Å². The number of aromatic nitrogens is 2. The Bertz CT molecular complexity index is 328. The highest BCUT2D eigenvalue weighted by molar-refractivity contribution is 5.22. The molecule has 0 aliphatic heterocycles. The van der Waals surface area contributed by atoms with Crippen LogP contribution in [0.5, 0.6) is 0 Å². The molecule has 0 amide bonds. The molecule has 0 fully saturated rings. The van der Waals surface area contributed by atoms with E-state index in [1.807, 2.05) is 0 Å². The van der Waals surface area contributed by atoms with Gasteiger partial charge in [-0.3, -0.25) is 4.68 Å². The van der Waals surface area contributed by atoms with Crippen LogP contribution in [-0.4, -0.2) is 22.4 Å². The zero-order valence-corrected chi connectivity index (χ0v) is 11.3. The fourth-order valence-electron chi connectivity index (χ4n) is 1.86. The van der Waals surface area contributed by atoms with Crippen LogP contribution in [0.2, 0.25) is 0 Å². The lowest BCUT2D eigenvalue weighted by atomic mass is 10.2. The van der Waals surface area contributed by atoms with Gasteiger partial charge in [0.1, 0.15) is 0 Å². The monoisotopic (exact) mass is 223 g/mol. The Labute approximate surface area is 99.2 Å². The van der Waals surface area contributed by atoms with E-state index < -0.39 is 0 Å². The van der Waals surface area contributed by atoms with Gasteiger partial charge in [-0.1, -0.05) is 13.8 Å². The predicted octanol–water partition coefficient (Wildman–Crippen LogP) is 2.59. The van der Waals surface area contributed by atoms with Gasteiger partial charge >= 0.3 is 0 Å². The van der Waals surface area contributed by atoms with Crippen LogP contribution in [0.15, 0.2) is 0 Å². The van der Waals surface area contributed by atoms with Crippen LogP contribution in [0.3, 0.4) is 0 Å². The first-order valence-corrected chi connectivity index (χ1v) is 6.34. The van der Waals surface area contributed by atoms with Gasteiger partial charge in [0.15, 0.2) is 0 Å². The molecule has 1 N–H and O–H groups in total. The highest BCUT2D eigenvalue weighted by atomic mass is 15.3. The number of hydrogen-bond acceptors (Lipinski definition) is 2. The minimum Gasteiger partial charge on any atom is -0.312 e. The van der Waals surface area contributed by atoms with Crippen LogP contribution in [0.25, 0.3) is 0 Å². The van der Waals surface area contributed by atoms with E-state index in [9.17, 15) is 0 Å². The number of rotatable bonds is 6. The SMILES string of the molecule is CCCNC(CC)Cn1nc(C)c(C)c1C. The molecule has 1 unspecified atom stereocenters. The first-order chi connectivity index (χ1) is 7.60. The quantitative estimate of drug-likeness (QED) is 0.803. The average Bonchev–Trinajstić information content (AvgIpc) is 2.52. The van der Waals surface area contributed by atoms with Gasteiger partial charge in [-0.2, -0.15) is 5.10 Å². The van der Waals surface area contributed by atoms with Crippen molar-refractivity contribution < 1.29 is 0 Å². The third-order valence-electron chi connectivity index (χ3n) is 3.31. The Morgan fingerprint density at radius 1 is 1.25 bits per heavy atom. The summed E-state index contributed by atoms with van der Waals surface area (Å²) in [6, 6.07) is 0.539. The van der Waals surface area contributed by atoms with Crippen molar-refractivity contribution in [3.05, 3.63) is 17.0 Å². The summed E-state index contributed by atoms with van der Waals surface area (Å²) >= 11 is 0. The zero-order valence-electron chi connectivity index (χ0n) is 11.3. The van der Waals surface area contributed by atoms with Crippen LogP contribution >= 0.6 is 0 Å². The normalized spacial score (nSPS) is 13.1. The maximum atomic E-state index is 4.58. The van der Waals surface area contributed by atoms with E-state index in [1.54, 1.807) is 0 Å². The molecule has 0 spiro atoms. The molecular weight excluding hydrogens is 198 g/mol. The van der Waals surface area contributed by atoms with E-state index in [0.717, 1.165) is 25.2 Å². The van der Waals surface area contributed by atoms with E-state index >= 15 is 0 Å². The van der Waals surface area contributed by atoms with Gasteiger partial charge in [0, 0.05) is 11.7 Å². The fraction of sp³-hybridized carbons (Fsp3) is 0.769. The first-order valence-electron chi connectivity index (χ1n) is 6.34. The molecule has 3 nitrogen and oxygen atoms in total. The molecule has 1 aromatic heterocycles. The Hall–Kier alpha value is -0.830. The highest BCUT2D eigenvalue weighted by Gasteiger charge is 2.11. The van der Waals surface area contributed by atoms with Crippen molar-refractivity contribution in [1.82, 2.24) is 15.1 Å². The molecule has 0 saturated heterocycles. The van der Waals surface area contributed by atoms with E-state index in [-0.39, 0.29) is 0 Å². The maximum absolute atomic E-state index is 4.58. The summed E-state index contributed by atoms with van der Waals surface area (Å²) in [5.74, 6) is 0. The number of nitrogens with zero attached hydrogens (tertiary/aromatic N) is 2. The summed E-state index contributed by atoms with van der Waals surface area (Å²) in [4.78, 5) is 0. The second-order valence-electron chi connectivity index (χ2n) is 4.54. The Morgan fingerprint density at radius 3 is 2.38 bits per heavy atom. The average molecular weight is 223 g/mol. The number of aryl methyl sites for hydroxylation is 1. The highest BCUT2D eigenvalue weighted by Crippen LogP contribution is 2.11. The molecule has 0 aromatic carbocycles. The lowest BCUT2D eigenvalue weighted by Crippen LogP contribution is -2.33. The minimum absolute atomic E-state index is 0.539. The van der Waals surface area contributed by atoms with Gasteiger partial charge in [0.25, 0.3) is 0 Å². The Kier molecular flexibility index (Phi) is 5.00. The smallest absolute Gasteiger partial charge is 0.0625 e. The Balaban J connectivity index is 2.66. The summed E-state index contributed by atoms with van der Waals surface area (Å²) in [7, 11) is 0. The lowest BCUT2D eigenvalue weighted by Gasteiger charge is -2.17. The van der Waals surface area contributed by atoms with Crippen molar-refractivity contribution in [2.24, 2.45) is 0 Å². The third kappa shape index (κ3) is 3.08. The summed E-state index contributed by atoms with van der Waals surface area (Å²) in [6.07, 6.45) is 2.34. The van der Waals surface area contributed by atoms with Crippen molar-refractivity contribution in [2.75, 3.05) is 6.54 Å². The Morgan fingerprint density at radius 2 is 1.94 bits per heavy atom. The van der Waals surface area contributed by atoms with Crippen molar-refractivity contribution >= 4 is 0 Å². The van der Waals surface area contributed by atoms with Gasteiger partial charge in [-0.15, -0.1) is 0 Å². The van der Waals surface area contributed by atoms with E-state index in [4.69, 9.17) is 0 Å². The summed E-state index contributed by atoms with van der Waals surface area (Å²) in [6.45, 7) is 12.9. The van der Waals surface area contributed by atoms with Gasteiger partial charge in [0.2, 0.25) is 0 Å². The molecular formula is C13H25N3. The van der Waals surface area contributed by atoms with Crippen LogP contribution in [0.1, 0.15) is 43.6 Å². The molecule has 0 aliphatic rings. The van der Waals surface area contributed by atoms with Crippen molar-refractivity contribution in [2.45, 2.75) is 60.0 Å². The second-order valence-corrected chi connectivity index (χ2v) is 4.54. The van der Waals surface area contributed by atoms with Crippen LogP contribution in [-0.2, 0) is 6.54 Å². The third-order valence-corrected chi connectivity index (χ3v) is 3.31. The maximum Gasteiger partial charge on any atom is 0.0625 e. The second kappa shape index (κ2) is 6.04. The molecule has 0 bridgehead atoms. The van der Waals surface area contributed by atoms with Gasteiger partial charge in [0.05, 0.1) is 12.2 Å². The number of nitrogens with one attached hydrogen (secondary N) is 1.